The Morgan fingerprint density at radius 1 is 0.500 bits per heavy atom. The Hall–Kier alpha value is -7.56. The first-order valence-corrected chi connectivity index (χ1v) is 35.3. The average Bonchev–Trinajstić information content (AvgIpc) is 1.52. The summed E-state index contributed by atoms with van der Waals surface area (Å²) in [5.41, 5.74) is 3.74. The molecule has 464 valence electrons. The van der Waals surface area contributed by atoms with Crippen LogP contribution in [-0.2, 0) is 54.5 Å². The highest BCUT2D eigenvalue weighted by molar-refractivity contribution is 7.93. The van der Waals surface area contributed by atoms with Gasteiger partial charge in [0.25, 0.3) is 20.0 Å². The van der Waals surface area contributed by atoms with Crippen LogP contribution in [0.4, 0.5) is 11.4 Å². The lowest BCUT2D eigenvalue weighted by Gasteiger charge is -2.42. The van der Waals surface area contributed by atoms with Crippen molar-refractivity contribution in [3.8, 4) is 11.5 Å². The second-order valence-corrected chi connectivity index (χ2v) is 33.8. The molecule has 6 heterocycles. The van der Waals surface area contributed by atoms with Gasteiger partial charge in [0.15, 0.2) is 8.32 Å². The number of nitrogens with zero attached hydrogens (tertiary/aromatic N) is 6. The van der Waals surface area contributed by atoms with E-state index >= 15 is 0 Å². The topological polar surface area (TPSA) is 204 Å². The molecule has 0 bridgehead atoms. The summed E-state index contributed by atoms with van der Waals surface area (Å²) < 4.78 is 78.9. The first kappa shape index (κ1) is 62.1. The van der Waals surface area contributed by atoms with Gasteiger partial charge >= 0.3 is 0 Å². The number of benzene rings is 6. The Bertz CT molecular complexity index is 3800. The minimum absolute atomic E-state index is 0.0269. The number of ether oxygens (including phenoxy) is 2. The molecule has 4 fully saturated rings. The number of hydrogen-bond donors (Lipinski definition) is 1. The van der Waals surface area contributed by atoms with E-state index in [-0.39, 0.29) is 66.0 Å². The molecule has 1 N–H and O–H groups in total. The van der Waals surface area contributed by atoms with Gasteiger partial charge in [-0.2, -0.15) is 0 Å². The number of fused-ring (bicyclic) bond motifs is 10. The van der Waals surface area contributed by atoms with Crippen molar-refractivity contribution in [1.29, 1.82) is 0 Å². The summed E-state index contributed by atoms with van der Waals surface area (Å²) in [4.78, 5) is 60.5. The Morgan fingerprint density at radius 3 is 1.24 bits per heavy atom. The standard InChI is InChI=1S/C38H49N3O6SSi.C29H29N3O6S/c1-26(2)49(27(3)4,28(5)6)47-23-13-22-46-30-20-18-29(19-21-30)38-24-34-36(43)39(7)25-35(42)40(34)37(38)41(33-17-12-11-16-32(33)38)48(44,45)31-14-9-8-10-15-31;1-30-19-26(34)31-25(27(30)35)18-29(20-12-14-21(15-13-20)38-17-7-16-33)23-10-5-6-11-24(23)32(28(29)31)39(36,37)22-8-3-2-4-9-22/h8-12,14-21,26-28,34,37H,13,22-25H2,1-7H3;2-6,8-15,25,28,33H,7,16-19H2,1H3/t34-,37-,38-;25-,28-,29-/m00/s1. The Morgan fingerprint density at radius 2 is 0.864 bits per heavy atom. The number of sulfonamides is 2. The van der Waals surface area contributed by atoms with Crippen LogP contribution in [0.5, 0.6) is 11.5 Å². The molecular formula is C67H78N6O12S2Si. The highest BCUT2D eigenvalue weighted by atomic mass is 32.2. The van der Waals surface area contributed by atoms with E-state index in [9.17, 15) is 36.0 Å². The molecule has 4 saturated heterocycles. The fourth-order valence-corrected chi connectivity index (χ4v) is 24.2. The lowest BCUT2D eigenvalue weighted by atomic mass is 9.72. The molecule has 6 aliphatic heterocycles. The van der Waals surface area contributed by atoms with Gasteiger partial charge in [0.1, 0.15) is 35.9 Å². The minimum Gasteiger partial charge on any atom is -0.494 e. The average molecular weight is 1250 g/mol. The summed E-state index contributed by atoms with van der Waals surface area (Å²) >= 11 is 0. The van der Waals surface area contributed by atoms with Crippen LogP contribution < -0.4 is 18.1 Å². The second kappa shape index (κ2) is 24.1. The molecule has 4 amide bonds. The van der Waals surface area contributed by atoms with E-state index in [1.165, 1.54) is 28.2 Å². The van der Waals surface area contributed by atoms with Gasteiger partial charge in [0, 0.05) is 40.2 Å². The fraction of sp³-hybridized carbons (Fsp3) is 0.403. The number of amides is 4. The number of aliphatic hydroxyl groups is 1. The first-order chi connectivity index (χ1) is 42.1. The number of carbonyl (C=O) groups excluding carboxylic acids is 4. The summed E-state index contributed by atoms with van der Waals surface area (Å²) in [7, 11) is -6.97. The van der Waals surface area contributed by atoms with Crippen LogP contribution in [-0.4, -0.2) is 152 Å². The molecule has 0 unspecified atom stereocenters. The number of aliphatic hydroxyl groups excluding tert-OH is 1. The van der Waals surface area contributed by atoms with Gasteiger partial charge in [-0.3, -0.25) is 19.2 Å². The maximum Gasteiger partial charge on any atom is 0.266 e. The Balaban J connectivity index is 0.000000186. The van der Waals surface area contributed by atoms with Crippen molar-refractivity contribution in [2.24, 2.45) is 0 Å². The maximum atomic E-state index is 14.5. The number of piperazine rings is 2. The van der Waals surface area contributed by atoms with Gasteiger partial charge in [-0.05, 0) is 112 Å². The molecule has 88 heavy (non-hydrogen) atoms. The van der Waals surface area contributed by atoms with Crippen molar-refractivity contribution in [2.75, 3.05) is 62.2 Å². The zero-order chi connectivity index (χ0) is 62.7. The van der Waals surface area contributed by atoms with Crippen LogP contribution in [0.25, 0.3) is 0 Å². The molecule has 6 aromatic rings. The number of anilines is 2. The van der Waals surface area contributed by atoms with E-state index in [1.807, 2.05) is 78.9 Å². The van der Waals surface area contributed by atoms with Crippen LogP contribution in [0.15, 0.2) is 168 Å². The van der Waals surface area contributed by atoms with Crippen LogP contribution in [0.1, 0.15) is 89.5 Å². The van der Waals surface area contributed by atoms with E-state index in [0.717, 1.165) is 28.7 Å². The third-order valence-electron chi connectivity index (χ3n) is 19.0. The number of hydrogen-bond acceptors (Lipinski definition) is 12. The molecule has 12 rings (SSSR count). The molecule has 0 aromatic heterocycles. The third kappa shape index (κ3) is 10.0. The molecule has 0 spiro atoms. The van der Waals surface area contributed by atoms with Crippen molar-refractivity contribution in [2.45, 2.75) is 129 Å². The van der Waals surface area contributed by atoms with E-state index < -0.39 is 63.6 Å². The molecule has 6 aromatic carbocycles. The van der Waals surface area contributed by atoms with Gasteiger partial charge < -0.3 is 38.6 Å². The highest BCUT2D eigenvalue weighted by Crippen LogP contribution is 2.61. The molecule has 18 nitrogen and oxygen atoms in total. The van der Waals surface area contributed by atoms with Crippen LogP contribution in [0.3, 0.4) is 0 Å². The van der Waals surface area contributed by atoms with E-state index in [2.05, 4.69) is 41.5 Å². The van der Waals surface area contributed by atoms with Crippen LogP contribution in [0.2, 0.25) is 16.6 Å². The summed E-state index contributed by atoms with van der Waals surface area (Å²) in [6.45, 7) is 15.0. The smallest absolute Gasteiger partial charge is 0.266 e. The quantitative estimate of drug-likeness (QED) is 0.0597. The third-order valence-corrected chi connectivity index (χ3v) is 28.7. The van der Waals surface area contributed by atoms with Crippen molar-refractivity contribution in [1.82, 2.24) is 19.6 Å². The lowest BCUT2D eigenvalue weighted by molar-refractivity contribution is -0.153. The lowest BCUT2D eigenvalue weighted by Crippen LogP contribution is -2.62. The zero-order valence-corrected chi connectivity index (χ0v) is 53.7. The van der Waals surface area contributed by atoms with Gasteiger partial charge in [-0.15, -0.1) is 0 Å². The maximum absolute atomic E-state index is 14.5. The zero-order valence-electron chi connectivity index (χ0n) is 51.1. The summed E-state index contributed by atoms with van der Waals surface area (Å²) in [6, 6.07) is 44.7. The van der Waals surface area contributed by atoms with E-state index in [1.54, 1.807) is 93.0 Å². The fourth-order valence-electron chi connectivity index (χ4n) is 15.3. The van der Waals surface area contributed by atoms with Gasteiger partial charge in [0.05, 0.1) is 58.3 Å². The monoisotopic (exact) mass is 1250 g/mol. The molecule has 0 radical (unpaired) electrons. The van der Waals surface area contributed by atoms with Crippen LogP contribution >= 0.6 is 0 Å². The van der Waals surface area contributed by atoms with Gasteiger partial charge in [-0.25, -0.2) is 25.4 Å². The van der Waals surface area contributed by atoms with Crippen LogP contribution in [0, 0.1) is 0 Å². The summed E-state index contributed by atoms with van der Waals surface area (Å²) in [5, 5.41) is 9.07. The van der Waals surface area contributed by atoms with Crippen molar-refractivity contribution >= 4 is 63.4 Å². The van der Waals surface area contributed by atoms with E-state index in [4.69, 9.17) is 19.0 Å². The largest absolute Gasteiger partial charge is 0.494 e. The summed E-state index contributed by atoms with van der Waals surface area (Å²) in [5.74, 6) is 0.342. The summed E-state index contributed by atoms with van der Waals surface area (Å²) in [6.07, 6.45) is -0.146. The molecule has 0 saturated carbocycles. The van der Waals surface area contributed by atoms with Crippen molar-refractivity contribution in [3.05, 3.63) is 180 Å². The van der Waals surface area contributed by atoms with Gasteiger partial charge in [0.2, 0.25) is 23.6 Å². The minimum atomic E-state index is -4.13. The van der Waals surface area contributed by atoms with Gasteiger partial charge in [-0.1, -0.05) is 139 Å². The molecule has 21 heteroatoms. The number of carbonyl (C=O) groups is 4. The van der Waals surface area contributed by atoms with Crippen molar-refractivity contribution in [3.63, 3.8) is 0 Å². The van der Waals surface area contributed by atoms with E-state index in [0.29, 0.717) is 65.7 Å². The molecule has 6 atom stereocenters. The SMILES string of the molecule is CC(C)[Si](OCCCOc1ccc([C@]23C[C@H]4C(=O)N(C)CC(=O)N4[C@H]2N(S(=O)(=O)c2ccccc2)c2ccccc23)cc1)(C(C)C)C(C)C.CN1CC(=O)N2[C@@H](C[C@]3(c4ccc(OCCCO)cc4)c4ccccc4N(S(=O)(=O)c4ccccc4)[C@H]23)C1=O. The second-order valence-electron chi connectivity index (χ2n) is 24.7. The van der Waals surface area contributed by atoms with Crippen molar-refractivity contribution < 1.29 is 55.0 Å². The predicted molar refractivity (Wildman–Crippen MR) is 337 cm³/mol. The molecular weight excluding hydrogens is 1170 g/mol. The molecule has 0 aliphatic carbocycles. The predicted octanol–water partition coefficient (Wildman–Crippen LogP) is 8.88. The number of para-hydroxylation sites is 2. The number of likely N-dealkylation sites (N-methyl/N-ethyl adjacent to an activating group) is 2. The number of rotatable bonds is 19. The highest BCUT2D eigenvalue weighted by Gasteiger charge is 2.69. The normalized spacial score (nSPS) is 23.0. The Labute approximate surface area is 517 Å². The molecule has 6 aliphatic rings. The Kier molecular flexibility index (Phi) is 17.0. The first-order valence-electron chi connectivity index (χ1n) is 30.3.